The van der Waals surface area contributed by atoms with Crippen LogP contribution in [0.5, 0.6) is 0 Å². The minimum Gasteiger partial charge on any atom is -0.357 e. The molecule has 1 N–H and O–H groups in total. The molecular formula is C15H11BrF4N2O2. The van der Waals surface area contributed by atoms with Crippen molar-refractivity contribution in [2.75, 3.05) is 7.05 Å². The Bertz CT molecular complexity index is 833. The molecule has 0 aliphatic heterocycles. The SMILES string of the molecule is CNC(=O)C(c1cc(Br)ccc1F)n1ccc(C(F)(F)F)cc1=O. The van der Waals surface area contributed by atoms with Crippen LogP contribution in [0, 0.1) is 5.82 Å². The molecule has 0 spiro atoms. The predicted octanol–water partition coefficient (Wildman–Crippen LogP) is 3.10. The predicted molar refractivity (Wildman–Crippen MR) is 82.0 cm³/mol. The van der Waals surface area contributed by atoms with E-state index in [1.54, 1.807) is 0 Å². The molecule has 0 aliphatic rings. The van der Waals surface area contributed by atoms with Crippen LogP contribution in [-0.4, -0.2) is 17.5 Å². The lowest BCUT2D eigenvalue weighted by molar-refractivity contribution is -0.137. The van der Waals surface area contributed by atoms with E-state index in [2.05, 4.69) is 21.2 Å². The van der Waals surface area contributed by atoms with Gasteiger partial charge in [-0.1, -0.05) is 15.9 Å². The normalized spacial score (nSPS) is 12.8. The lowest BCUT2D eigenvalue weighted by Gasteiger charge is -2.20. The summed E-state index contributed by atoms with van der Waals surface area (Å²) >= 11 is 3.13. The van der Waals surface area contributed by atoms with Crippen LogP contribution in [0.15, 0.2) is 45.8 Å². The fourth-order valence-corrected chi connectivity index (χ4v) is 2.54. The Morgan fingerprint density at radius 2 is 1.92 bits per heavy atom. The van der Waals surface area contributed by atoms with Crippen LogP contribution < -0.4 is 10.9 Å². The molecule has 9 heteroatoms. The second kappa shape index (κ2) is 6.76. The summed E-state index contributed by atoms with van der Waals surface area (Å²) in [6, 6.07) is 3.36. The molecule has 4 nitrogen and oxygen atoms in total. The lowest BCUT2D eigenvalue weighted by Crippen LogP contribution is -2.36. The first-order valence-corrected chi connectivity index (χ1v) is 7.40. The molecule has 1 unspecified atom stereocenters. The number of benzene rings is 1. The number of hydrogen-bond acceptors (Lipinski definition) is 2. The van der Waals surface area contributed by atoms with E-state index in [1.165, 1.54) is 19.2 Å². The van der Waals surface area contributed by atoms with Gasteiger partial charge in [0.25, 0.3) is 5.56 Å². The number of halogens is 5. The molecule has 2 rings (SSSR count). The number of carbonyl (C=O) groups is 1. The molecule has 1 aromatic carbocycles. The molecule has 0 bridgehead atoms. The summed E-state index contributed by atoms with van der Waals surface area (Å²) in [6.07, 6.45) is -3.87. The molecule has 1 heterocycles. The third kappa shape index (κ3) is 3.66. The molecule has 0 saturated carbocycles. The summed E-state index contributed by atoms with van der Waals surface area (Å²) < 4.78 is 53.3. The van der Waals surface area contributed by atoms with Crippen molar-refractivity contribution < 1.29 is 22.4 Å². The molecule has 128 valence electrons. The highest BCUT2D eigenvalue weighted by Crippen LogP contribution is 2.29. The van der Waals surface area contributed by atoms with Crippen molar-refractivity contribution in [3.63, 3.8) is 0 Å². The number of hydrogen-bond donors (Lipinski definition) is 1. The quantitative estimate of drug-likeness (QED) is 0.796. The Labute approximate surface area is 142 Å². The van der Waals surface area contributed by atoms with Gasteiger partial charge >= 0.3 is 6.18 Å². The topological polar surface area (TPSA) is 51.1 Å². The summed E-state index contributed by atoms with van der Waals surface area (Å²) in [5.41, 5.74) is -2.36. The van der Waals surface area contributed by atoms with Gasteiger partial charge in [0.2, 0.25) is 5.91 Å². The number of amides is 1. The molecule has 1 aromatic heterocycles. The number of carbonyl (C=O) groups excluding carboxylic acids is 1. The molecular weight excluding hydrogens is 396 g/mol. The van der Waals surface area contributed by atoms with Gasteiger partial charge in [-0.25, -0.2) is 4.39 Å². The summed E-state index contributed by atoms with van der Waals surface area (Å²) in [5.74, 6) is -1.51. The van der Waals surface area contributed by atoms with Crippen molar-refractivity contribution in [2.45, 2.75) is 12.2 Å². The van der Waals surface area contributed by atoms with Gasteiger partial charge in [-0.15, -0.1) is 0 Å². The third-order valence-corrected chi connectivity index (χ3v) is 3.79. The van der Waals surface area contributed by atoms with Crippen LogP contribution in [0.3, 0.4) is 0 Å². The highest BCUT2D eigenvalue weighted by Gasteiger charge is 2.32. The largest absolute Gasteiger partial charge is 0.416 e. The number of nitrogens with one attached hydrogen (secondary N) is 1. The van der Waals surface area contributed by atoms with Gasteiger partial charge in [-0.05, 0) is 24.3 Å². The van der Waals surface area contributed by atoms with Crippen molar-refractivity contribution in [3.05, 3.63) is 68.3 Å². The zero-order valence-electron chi connectivity index (χ0n) is 12.2. The smallest absolute Gasteiger partial charge is 0.357 e. The van der Waals surface area contributed by atoms with E-state index in [0.29, 0.717) is 16.6 Å². The number of alkyl halides is 3. The number of aromatic nitrogens is 1. The molecule has 0 saturated heterocycles. The fraction of sp³-hybridized carbons (Fsp3) is 0.200. The van der Waals surface area contributed by atoms with Gasteiger partial charge in [0.15, 0.2) is 0 Å². The van der Waals surface area contributed by atoms with Gasteiger partial charge in [-0.3, -0.25) is 14.2 Å². The van der Waals surface area contributed by atoms with E-state index in [4.69, 9.17) is 0 Å². The monoisotopic (exact) mass is 406 g/mol. The van der Waals surface area contributed by atoms with Crippen LogP contribution in [0.2, 0.25) is 0 Å². The molecule has 0 fully saturated rings. The molecule has 1 amide bonds. The first-order chi connectivity index (χ1) is 11.1. The van der Waals surface area contributed by atoms with Crippen LogP contribution in [0.25, 0.3) is 0 Å². The maximum atomic E-state index is 14.1. The van der Waals surface area contributed by atoms with E-state index in [9.17, 15) is 27.2 Å². The van der Waals surface area contributed by atoms with E-state index in [1.807, 2.05) is 0 Å². The fourth-order valence-electron chi connectivity index (χ4n) is 2.16. The number of nitrogens with zero attached hydrogens (tertiary/aromatic N) is 1. The Morgan fingerprint density at radius 3 is 2.46 bits per heavy atom. The minimum atomic E-state index is -4.69. The van der Waals surface area contributed by atoms with E-state index < -0.39 is 35.1 Å². The van der Waals surface area contributed by atoms with Crippen LogP contribution in [-0.2, 0) is 11.0 Å². The highest BCUT2D eigenvalue weighted by atomic mass is 79.9. The van der Waals surface area contributed by atoms with Gasteiger partial charge in [0, 0.05) is 29.3 Å². The zero-order valence-corrected chi connectivity index (χ0v) is 13.8. The molecule has 0 radical (unpaired) electrons. The standard InChI is InChI=1S/C15H11BrF4N2O2/c1-21-14(24)13(10-7-9(16)2-3-11(10)17)22-5-4-8(6-12(22)23)15(18,19)20/h2-7,13H,1H3,(H,21,24). The minimum absolute atomic E-state index is 0.148. The molecule has 1 atom stereocenters. The Morgan fingerprint density at radius 1 is 1.25 bits per heavy atom. The maximum absolute atomic E-state index is 14.1. The van der Waals surface area contributed by atoms with Gasteiger partial charge in [-0.2, -0.15) is 13.2 Å². The van der Waals surface area contributed by atoms with Gasteiger partial charge in [0.05, 0.1) is 5.56 Å². The third-order valence-electron chi connectivity index (χ3n) is 3.30. The summed E-state index contributed by atoms with van der Waals surface area (Å²) in [6.45, 7) is 0. The van der Waals surface area contributed by atoms with Crippen molar-refractivity contribution in [2.24, 2.45) is 0 Å². The van der Waals surface area contributed by atoms with Gasteiger partial charge < -0.3 is 5.32 Å². The van der Waals surface area contributed by atoms with Crippen molar-refractivity contribution in [3.8, 4) is 0 Å². The molecule has 0 aliphatic carbocycles. The number of rotatable bonds is 3. The molecule has 24 heavy (non-hydrogen) atoms. The van der Waals surface area contributed by atoms with Crippen molar-refractivity contribution >= 4 is 21.8 Å². The van der Waals surface area contributed by atoms with Crippen LogP contribution in [0.4, 0.5) is 17.6 Å². The first kappa shape index (κ1) is 18.2. The number of pyridine rings is 1. The average Bonchev–Trinajstić information content (AvgIpc) is 2.51. The van der Waals surface area contributed by atoms with Crippen molar-refractivity contribution in [1.82, 2.24) is 9.88 Å². The zero-order chi connectivity index (χ0) is 18.1. The van der Waals surface area contributed by atoms with Crippen LogP contribution >= 0.6 is 15.9 Å². The number of likely N-dealkylation sites (N-methyl/N-ethyl adjacent to an activating group) is 1. The Kier molecular flexibility index (Phi) is 5.12. The van der Waals surface area contributed by atoms with Crippen LogP contribution in [0.1, 0.15) is 17.2 Å². The van der Waals surface area contributed by atoms with E-state index in [0.717, 1.165) is 16.8 Å². The van der Waals surface area contributed by atoms with Gasteiger partial charge in [0.1, 0.15) is 11.9 Å². The second-order valence-electron chi connectivity index (χ2n) is 4.84. The Balaban J connectivity index is 2.64. The lowest BCUT2D eigenvalue weighted by atomic mass is 10.0. The first-order valence-electron chi connectivity index (χ1n) is 6.61. The molecule has 2 aromatic rings. The maximum Gasteiger partial charge on any atom is 0.416 e. The second-order valence-corrected chi connectivity index (χ2v) is 5.76. The summed E-state index contributed by atoms with van der Waals surface area (Å²) in [4.78, 5) is 24.2. The van der Waals surface area contributed by atoms with E-state index >= 15 is 0 Å². The summed E-state index contributed by atoms with van der Waals surface area (Å²) in [5, 5.41) is 2.28. The van der Waals surface area contributed by atoms with Crippen molar-refractivity contribution in [1.29, 1.82) is 0 Å². The average molecular weight is 407 g/mol. The highest BCUT2D eigenvalue weighted by molar-refractivity contribution is 9.10. The summed E-state index contributed by atoms with van der Waals surface area (Å²) in [7, 11) is 1.28. The Hall–Kier alpha value is -2.16. The van der Waals surface area contributed by atoms with E-state index in [-0.39, 0.29) is 5.56 Å².